The van der Waals surface area contributed by atoms with Crippen molar-refractivity contribution in [3.63, 3.8) is 0 Å². The Bertz CT molecular complexity index is 903. The maximum Gasteiger partial charge on any atom is 0.251 e. The minimum absolute atomic E-state index is 0.157. The van der Waals surface area contributed by atoms with Crippen LogP contribution in [0.3, 0.4) is 0 Å². The molecule has 4 fully saturated rings. The SMILES string of the molecule is O=C1C[C@H](NCC2CCCCC2)C(=O)N1c1ccc(N2C(=O)C[C@@H](NCC3CCCCC3)C2=O)cc1. The number of hydrogen-bond donors (Lipinski definition) is 2. The first-order chi connectivity index (χ1) is 17.5. The lowest BCUT2D eigenvalue weighted by atomic mass is 9.89. The van der Waals surface area contributed by atoms with Gasteiger partial charge in [0, 0.05) is 0 Å². The highest BCUT2D eigenvalue weighted by Gasteiger charge is 2.41. The van der Waals surface area contributed by atoms with Crippen LogP contribution < -0.4 is 20.4 Å². The number of benzene rings is 1. The minimum atomic E-state index is -0.489. The van der Waals surface area contributed by atoms with Crippen molar-refractivity contribution in [2.24, 2.45) is 11.8 Å². The molecule has 2 saturated heterocycles. The van der Waals surface area contributed by atoms with E-state index in [1.54, 1.807) is 24.3 Å². The molecule has 2 aliphatic carbocycles. The van der Waals surface area contributed by atoms with Gasteiger partial charge in [-0.15, -0.1) is 0 Å². The van der Waals surface area contributed by atoms with Crippen LogP contribution in [0.1, 0.15) is 77.0 Å². The van der Waals surface area contributed by atoms with Crippen molar-refractivity contribution in [2.45, 2.75) is 89.1 Å². The van der Waals surface area contributed by atoms with E-state index in [0.717, 1.165) is 13.1 Å². The smallest absolute Gasteiger partial charge is 0.251 e. The summed E-state index contributed by atoms with van der Waals surface area (Å²) in [6.45, 7) is 1.54. The van der Waals surface area contributed by atoms with Crippen molar-refractivity contribution in [3.05, 3.63) is 24.3 Å². The highest BCUT2D eigenvalue weighted by atomic mass is 16.2. The molecule has 2 saturated carbocycles. The quantitative estimate of drug-likeness (QED) is 0.538. The van der Waals surface area contributed by atoms with Crippen molar-refractivity contribution < 1.29 is 19.2 Å². The third-order valence-electron chi connectivity index (χ3n) is 8.41. The second kappa shape index (κ2) is 11.2. The molecule has 4 amide bonds. The molecule has 8 heteroatoms. The first kappa shape index (κ1) is 25.1. The van der Waals surface area contributed by atoms with E-state index >= 15 is 0 Å². The first-order valence-corrected chi connectivity index (χ1v) is 13.8. The Morgan fingerprint density at radius 2 is 0.944 bits per heavy atom. The minimum Gasteiger partial charge on any atom is -0.305 e. The van der Waals surface area contributed by atoms with Crippen LogP contribution in [-0.4, -0.2) is 48.8 Å². The van der Waals surface area contributed by atoms with E-state index < -0.39 is 12.1 Å². The summed E-state index contributed by atoms with van der Waals surface area (Å²) in [5, 5.41) is 6.65. The molecule has 0 radical (unpaired) electrons. The summed E-state index contributed by atoms with van der Waals surface area (Å²) in [6, 6.07) is 5.63. The molecule has 194 valence electrons. The summed E-state index contributed by atoms with van der Waals surface area (Å²) in [6.07, 6.45) is 12.6. The van der Waals surface area contributed by atoms with Crippen molar-refractivity contribution in [2.75, 3.05) is 22.9 Å². The Labute approximate surface area is 213 Å². The van der Waals surface area contributed by atoms with Gasteiger partial charge in [0.1, 0.15) is 0 Å². The molecule has 0 unspecified atom stereocenters. The summed E-state index contributed by atoms with van der Waals surface area (Å²) in [4.78, 5) is 53.8. The molecular formula is C28H38N4O4. The molecule has 0 aromatic heterocycles. The standard InChI is InChI=1S/C28H38N4O4/c33-25-15-23(29-17-19-7-3-1-4-8-19)27(35)31(25)21-11-13-22(14-12-21)32-26(34)16-24(28(32)36)30-18-20-9-5-2-6-10-20/h11-14,19-20,23-24,29-30H,1-10,15-18H2/t23-,24+. The number of nitrogens with one attached hydrogen (secondary N) is 2. The lowest BCUT2D eigenvalue weighted by Crippen LogP contribution is -2.41. The normalized spacial score (nSPS) is 26.4. The highest BCUT2D eigenvalue weighted by molar-refractivity contribution is 6.24. The molecule has 4 aliphatic rings. The molecule has 36 heavy (non-hydrogen) atoms. The zero-order valence-corrected chi connectivity index (χ0v) is 21.0. The van der Waals surface area contributed by atoms with Crippen LogP contribution in [-0.2, 0) is 19.2 Å². The fourth-order valence-corrected chi connectivity index (χ4v) is 6.28. The monoisotopic (exact) mass is 494 g/mol. The van der Waals surface area contributed by atoms with Crippen molar-refractivity contribution in [1.82, 2.24) is 10.6 Å². The van der Waals surface area contributed by atoms with Gasteiger partial charge in [-0.3, -0.25) is 19.2 Å². The van der Waals surface area contributed by atoms with Crippen LogP contribution in [0.4, 0.5) is 11.4 Å². The van der Waals surface area contributed by atoms with E-state index in [9.17, 15) is 19.2 Å². The Balaban J connectivity index is 1.18. The topological polar surface area (TPSA) is 98.8 Å². The predicted molar refractivity (Wildman–Crippen MR) is 137 cm³/mol. The molecule has 1 aromatic carbocycles. The summed E-state index contributed by atoms with van der Waals surface area (Å²) in [7, 11) is 0. The summed E-state index contributed by atoms with van der Waals surface area (Å²) in [5.41, 5.74) is 0.948. The third kappa shape index (κ3) is 5.39. The van der Waals surface area contributed by atoms with Gasteiger partial charge >= 0.3 is 0 Å². The van der Waals surface area contributed by atoms with E-state index in [-0.39, 0.29) is 36.5 Å². The second-order valence-electron chi connectivity index (χ2n) is 11.0. The molecule has 0 bridgehead atoms. The van der Waals surface area contributed by atoms with Gasteiger partial charge in [-0.2, -0.15) is 0 Å². The number of anilines is 2. The number of nitrogens with zero attached hydrogens (tertiary/aromatic N) is 2. The van der Waals surface area contributed by atoms with Crippen molar-refractivity contribution in [3.8, 4) is 0 Å². The van der Waals surface area contributed by atoms with E-state index in [0.29, 0.717) is 23.2 Å². The van der Waals surface area contributed by atoms with Gasteiger partial charge in [-0.25, -0.2) is 9.80 Å². The average molecular weight is 495 g/mol. The zero-order chi connectivity index (χ0) is 25.1. The van der Waals surface area contributed by atoms with Crippen molar-refractivity contribution in [1.29, 1.82) is 0 Å². The van der Waals surface area contributed by atoms with Gasteiger partial charge in [0.2, 0.25) is 11.8 Å². The van der Waals surface area contributed by atoms with Gasteiger partial charge in [0.15, 0.2) is 0 Å². The van der Waals surface area contributed by atoms with Gasteiger partial charge in [-0.1, -0.05) is 38.5 Å². The number of rotatable bonds is 8. The fourth-order valence-electron chi connectivity index (χ4n) is 6.28. The Morgan fingerprint density at radius 3 is 1.31 bits per heavy atom. The van der Waals surface area contributed by atoms with Crippen LogP contribution in [0.2, 0.25) is 0 Å². The van der Waals surface area contributed by atoms with Gasteiger partial charge in [0.05, 0.1) is 36.3 Å². The van der Waals surface area contributed by atoms with Gasteiger partial charge in [-0.05, 0) is 74.9 Å². The lowest BCUT2D eigenvalue weighted by molar-refractivity contribution is -0.123. The molecule has 8 nitrogen and oxygen atoms in total. The second-order valence-corrected chi connectivity index (χ2v) is 11.0. The number of carbonyl (C=O) groups is 4. The third-order valence-corrected chi connectivity index (χ3v) is 8.41. The zero-order valence-electron chi connectivity index (χ0n) is 21.0. The average Bonchev–Trinajstić information content (AvgIpc) is 3.35. The molecule has 1 aromatic rings. The Kier molecular flexibility index (Phi) is 7.82. The van der Waals surface area contributed by atoms with Crippen LogP contribution in [0.15, 0.2) is 24.3 Å². The molecule has 2 heterocycles. The molecular weight excluding hydrogens is 456 g/mol. The largest absolute Gasteiger partial charge is 0.305 e. The maximum absolute atomic E-state index is 13.0. The van der Waals surface area contributed by atoms with E-state index in [1.807, 2.05) is 0 Å². The molecule has 0 spiro atoms. The Hall–Kier alpha value is -2.58. The van der Waals surface area contributed by atoms with Crippen LogP contribution >= 0.6 is 0 Å². The maximum atomic E-state index is 13.0. The van der Waals surface area contributed by atoms with E-state index in [4.69, 9.17) is 0 Å². The van der Waals surface area contributed by atoms with Crippen LogP contribution in [0, 0.1) is 11.8 Å². The van der Waals surface area contributed by atoms with Crippen molar-refractivity contribution >= 4 is 35.0 Å². The highest BCUT2D eigenvalue weighted by Crippen LogP contribution is 2.30. The van der Waals surface area contributed by atoms with Gasteiger partial charge < -0.3 is 10.6 Å². The number of carbonyl (C=O) groups excluding carboxylic acids is 4. The van der Waals surface area contributed by atoms with Crippen LogP contribution in [0.25, 0.3) is 0 Å². The first-order valence-electron chi connectivity index (χ1n) is 13.8. The van der Waals surface area contributed by atoms with E-state index in [2.05, 4.69) is 10.6 Å². The molecule has 2 atom stereocenters. The summed E-state index contributed by atoms with van der Waals surface area (Å²) in [5.74, 6) is 0.231. The van der Waals surface area contributed by atoms with Crippen LogP contribution in [0.5, 0.6) is 0 Å². The molecule has 2 aliphatic heterocycles. The number of amides is 4. The van der Waals surface area contributed by atoms with Gasteiger partial charge in [0.25, 0.3) is 11.8 Å². The number of imide groups is 2. The number of hydrogen-bond acceptors (Lipinski definition) is 6. The summed E-state index contributed by atoms with van der Waals surface area (Å²) < 4.78 is 0. The Morgan fingerprint density at radius 1 is 0.583 bits per heavy atom. The lowest BCUT2D eigenvalue weighted by Gasteiger charge is -2.23. The molecule has 2 N–H and O–H groups in total. The molecule has 5 rings (SSSR count). The predicted octanol–water partition coefficient (Wildman–Crippen LogP) is 3.29. The summed E-state index contributed by atoms with van der Waals surface area (Å²) >= 11 is 0. The fraction of sp³-hybridized carbons (Fsp3) is 0.643. The van der Waals surface area contributed by atoms with E-state index in [1.165, 1.54) is 74.0 Å².